The topological polar surface area (TPSA) is 26.3 Å². The molecule has 0 N–H and O–H groups in total. The van der Waals surface area contributed by atoms with Crippen LogP contribution >= 0.6 is 0 Å². The van der Waals surface area contributed by atoms with Gasteiger partial charge in [-0.25, -0.2) is 9.18 Å². The number of hydrogen-bond acceptors (Lipinski definition) is 2. The number of esters is 1. The molecule has 0 rings (SSSR count). The Morgan fingerprint density at radius 1 is 1.33 bits per heavy atom. The Morgan fingerprint density at radius 2 is 1.80 bits per heavy atom. The highest BCUT2D eigenvalue weighted by Crippen LogP contribution is 2.32. The van der Waals surface area contributed by atoms with Gasteiger partial charge in [-0.3, -0.25) is 0 Å². The highest BCUT2D eigenvalue weighted by molar-refractivity contribution is 5.81. The van der Waals surface area contributed by atoms with Crippen molar-refractivity contribution in [1.82, 2.24) is 0 Å². The van der Waals surface area contributed by atoms with Crippen molar-refractivity contribution >= 4 is 5.97 Å². The highest BCUT2D eigenvalue weighted by atomic mass is 19.4. The molecule has 0 saturated heterocycles. The fourth-order valence-corrected chi connectivity index (χ4v) is 0.562. The Labute approximate surface area is 80.5 Å². The highest BCUT2D eigenvalue weighted by Gasteiger charge is 2.49. The molecule has 2 nitrogen and oxygen atoms in total. The van der Waals surface area contributed by atoms with Crippen molar-refractivity contribution in [3.63, 3.8) is 0 Å². The number of hydrogen-bond donors (Lipinski definition) is 0. The lowest BCUT2D eigenvalue weighted by atomic mass is 10.2. The van der Waals surface area contributed by atoms with E-state index in [1.54, 1.807) is 0 Å². The summed E-state index contributed by atoms with van der Waals surface area (Å²) in [5.41, 5.74) is 0. The molecule has 0 heterocycles. The SMILES string of the molecule is C=CC(=O)OC(F)(F)C(F)CC(F)(F)F. The monoisotopic (exact) mass is 236 g/mol. The summed E-state index contributed by atoms with van der Waals surface area (Å²) in [5.74, 6) is -1.70. The van der Waals surface area contributed by atoms with Crippen molar-refractivity contribution in [2.75, 3.05) is 0 Å². The Hall–Kier alpha value is -1.21. The molecule has 15 heavy (non-hydrogen) atoms. The first-order valence-corrected chi connectivity index (χ1v) is 3.52. The average Bonchev–Trinajstić information content (AvgIpc) is 2.00. The van der Waals surface area contributed by atoms with Crippen LogP contribution in [0.25, 0.3) is 0 Å². The number of alkyl halides is 6. The molecule has 0 amide bonds. The van der Waals surface area contributed by atoms with Crippen LogP contribution in [0.3, 0.4) is 0 Å². The molecule has 0 aromatic rings. The maximum atomic E-state index is 12.4. The largest absolute Gasteiger partial charge is 0.432 e. The average molecular weight is 236 g/mol. The van der Waals surface area contributed by atoms with E-state index in [2.05, 4.69) is 11.3 Å². The minimum absolute atomic E-state index is 0.286. The van der Waals surface area contributed by atoms with Crippen LogP contribution in [0, 0.1) is 0 Å². The van der Waals surface area contributed by atoms with Crippen molar-refractivity contribution in [3.05, 3.63) is 12.7 Å². The molecule has 0 spiro atoms. The standard InChI is InChI=1S/C7H6F6O2/c1-2-5(14)15-7(12,13)4(8)3-6(9,10)11/h2,4H,1,3H2. The summed E-state index contributed by atoms with van der Waals surface area (Å²) < 4.78 is 74.9. The lowest BCUT2D eigenvalue weighted by Gasteiger charge is -2.20. The van der Waals surface area contributed by atoms with Crippen LogP contribution in [0.4, 0.5) is 26.3 Å². The Balaban J connectivity index is 4.44. The lowest BCUT2D eigenvalue weighted by molar-refractivity contribution is -0.274. The zero-order valence-corrected chi connectivity index (χ0v) is 7.15. The Kier molecular flexibility index (Phi) is 4.17. The molecule has 8 heteroatoms. The zero-order valence-electron chi connectivity index (χ0n) is 7.15. The molecule has 0 aliphatic carbocycles. The summed E-state index contributed by atoms with van der Waals surface area (Å²) in [5, 5.41) is 0. The molecule has 0 aliphatic heterocycles. The number of carbonyl (C=O) groups is 1. The predicted molar refractivity (Wildman–Crippen MR) is 36.8 cm³/mol. The van der Waals surface area contributed by atoms with Gasteiger partial charge in [-0.15, -0.1) is 0 Å². The first-order chi connectivity index (χ1) is 6.58. The predicted octanol–water partition coefficient (Wildman–Crippen LogP) is 2.60. The van der Waals surface area contributed by atoms with Gasteiger partial charge in [0.25, 0.3) is 0 Å². The first kappa shape index (κ1) is 13.8. The van der Waals surface area contributed by atoms with Gasteiger partial charge in [-0.2, -0.15) is 22.0 Å². The molecule has 0 bridgehead atoms. The molecule has 0 aromatic heterocycles. The summed E-state index contributed by atoms with van der Waals surface area (Å²) >= 11 is 0. The first-order valence-electron chi connectivity index (χ1n) is 3.52. The van der Waals surface area contributed by atoms with Gasteiger partial charge in [0, 0.05) is 6.08 Å². The van der Waals surface area contributed by atoms with Gasteiger partial charge >= 0.3 is 18.3 Å². The van der Waals surface area contributed by atoms with E-state index in [-0.39, 0.29) is 6.08 Å². The third-order valence-corrected chi connectivity index (χ3v) is 1.18. The molecule has 0 fully saturated rings. The quantitative estimate of drug-likeness (QED) is 0.426. The molecule has 88 valence electrons. The Bertz CT molecular complexity index is 246. The second kappa shape index (κ2) is 4.54. The molecule has 1 atom stereocenters. The number of rotatable bonds is 4. The van der Waals surface area contributed by atoms with Gasteiger partial charge in [-0.1, -0.05) is 6.58 Å². The molecule has 1 unspecified atom stereocenters. The van der Waals surface area contributed by atoms with Crippen LogP contribution in [-0.4, -0.2) is 24.4 Å². The van der Waals surface area contributed by atoms with Crippen LogP contribution in [0.1, 0.15) is 6.42 Å². The second-order valence-electron chi connectivity index (χ2n) is 2.47. The Morgan fingerprint density at radius 3 is 2.13 bits per heavy atom. The maximum Gasteiger partial charge on any atom is 0.432 e. The van der Waals surface area contributed by atoms with Gasteiger partial charge < -0.3 is 4.74 Å². The van der Waals surface area contributed by atoms with Crippen LogP contribution in [0.15, 0.2) is 12.7 Å². The van der Waals surface area contributed by atoms with Crippen LogP contribution in [0.2, 0.25) is 0 Å². The summed E-state index contributed by atoms with van der Waals surface area (Å²) in [6, 6.07) is 0. The van der Waals surface area contributed by atoms with E-state index in [9.17, 15) is 31.1 Å². The second-order valence-corrected chi connectivity index (χ2v) is 2.47. The smallest absolute Gasteiger partial charge is 0.395 e. The normalized spacial score (nSPS) is 14.5. The van der Waals surface area contributed by atoms with Gasteiger partial charge in [-0.05, 0) is 0 Å². The van der Waals surface area contributed by atoms with Gasteiger partial charge in [0.2, 0.25) is 6.17 Å². The van der Waals surface area contributed by atoms with E-state index in [0.717, 1.165) is 0 Å². The minimum atomic E-state index is -5.11. The van der Waals surface area contributed by atoms with Crippen LogP contribution < -0.4 is 0 Å². The molecular weight excluding hydrogens is 230 g/mol. The van der Waals surface area contributed by atoms with Gasteiger partial charge in [0.1, 0.15) is 0 Å². The van der Waals surface area contributed by atoms with Gasteiger partial charge in [0.05, 0.1) is 6.42 Å². The molecule has 0 radical (unpaired) electrons. The third kappa shape index (κ3) is 5.28. The molecule has 0 aliphatic rings. The molecule has 0 saturated carbocycles. The fraction of sp³-hybridized carbons (Fsp3) is 0.571. The minimum Gasteiger partial charge on any atom is -0.395 e. The lowest BCUT2D eigenvalue weighted by Crippen LogP contribution is -2.38. The number of ether oxygens (including phenoxy) is 1. The van der Waals surface area contributed by atoms with Gasteiger partial charge in [0.15, 0.2) is 0 Å². The van der Waals surface area contributed by atoms with Crippen molar-refractivity contribution in [3.8, 4) is 0 Å². The number of halogens is 6. The summed E-state index contributed by atoms with van der Waals surface area (Å²) in [6.07, 6.45) is -15.7. The van der Waals surface area contributed by atoms with Crippen molar-refractivity contribution < 1.29 is 35.9 Å². The van der Waals surface area contributed by atoms with Crippen LogP contribution in [0.5, 0.6) is 0 Å². The van der Waals surface area contributed by atoms with Crippen molar-refractivity contribution in [2.24, 2.45) is 0 Å². The van der Waals surface area contributed by atoms with Crippen LogP contribution in [-0.2, 0) is 9.53 Å². The zero-order chi connectivity index (χ0) is 12.3. The van der Waals surface area contributed by atoms with E-state index in [4.69, 9.17) is 0 Å². The van der Waals surface area contributed by atoms with E-state index in [0.29, 0.717) is 0 Å². The van der Waals surface area contributed by atoms with E-state index < -0.39 is 30.8 Å². The fourth-order valence-electron chi connectivity index (χ4n) is 0.562. The maximum absolute atomic E-state index is 12.4. The summed E-state index contributed by atoms with van der Waals surface area (Å²) in [4.78, 5) is 10.2. The van der Waals surface area contributed by atoms with E-state index >= 15 is 0 Å². The third-order valence-electron chi connectivity index (χ3n) is 1.18. The van der Waals surface area contributed by atoms with E-state index in [1.807, 2.05) is 0 Å². The summed E-state index contributed by atoms with van der Waals surface area (Å²) in [7, 11) is 0. The molecular formula is C7H6F6O2. The van der Waals surface area contributed by atoms with Crippen molar-refractivity contribution in [1.29, 1.82) is 0 Å². The number of carbonyl (C=O) groups excluding carboxylic acids is 1. The van der Waals surface area contributed by atoms with E-state index in [1.165, 1.54) is 0 Å². The summed E-state index contributed by atoms with van der Waals surface area (Å²) in [6.45, 7) is 2.73. The van der Waals surface area contributed by atoms with Crippen molar-refractivity contribution in [2.45, 2.75) is 24.9 Å². The molecule has 0 aromatic carbocycles.